The molecule has 2 saturated heterocycles. The van der Waals surface area contributed by atoms with E-state index in [-0.39, 0.29) is 24.0 Å². The van der Waals surface area contributed by atoms with Gasteiger partial charge in [-0.1, -0.05) is 18.2 Å². The normalized spacial score (nSPS) is 23.1. The zero-order valence-corrected chi connectivity index (χ0v) is 19.3. The molecule has 0 aliphatic carbocycles. The number of hydrogen-bond acceptors (Lipinski definition) is 7. The zero-order valence-electron chi connectivity index (χ0n) is 19.3. The quantitative estimate of drug-likeness (QED) is 0.635. The number of amides is 1. The topological polar surface area (TPSA) is 80.7 Å². The van der Waals surface area contributed by atoms with E-state index in [0.717, 1.165) is 44.6 Å². The van der Waals surface area contributed by atoms with E-state index >= 15 is 0 Å². The number of para-hydroxylation sites is 1. The molecule has 2 unspecified atom stereocenters. The Morgan fingerprint density at radius 2 is 1.82 bits per heavy atom. The third-order valence-electron chi connectivity index (χ3n) is 6.85. The Bertz CT molecular complexity index is 963. The van der Waals surface area contributed by atoms with Crippen molar-refractivity contribution in [1.29, 1.82) is 0 Å². The van der Waals surface area contributed by atoms with Crippen LogP contribution in [-0.2, 0) is 4.74 Å². The smallest absolute Gasteiger partial charge is 0.410 e. The predicted octanol–water partition coefficient (Wildman–Crippen LogP) is 3.53. The Kier molecular flexibility index (Phi) is 6.94. The lowest BCUT2D eigenvalue weighted by Gasteiger charge is -2.36. The molecule has 0 bridgehead atoms. The Balaban J connectivity index is 1.04. The van der Waals surface area contributed by atoms with Crippen molar-refractivity contribution in [2.24, 2.45) is 5.92 Å². The van der Waals surface area contributed by atoms with E-state index in [1.54, 1.807) is 18.2 Å². The van der Waals surface area contributed by atoms with Crippen molar-refractivity contribution in [1.82, 2.24) is 9.80 Å². The second kappa shape index (κ2) is 10.4. The maximum Gasteiger partial charge on any atom is 0.410 e. The summed E-state index contributed by atoms with van der Waals surface area (Å²) in [6, 6.07) is 14.6. The number of hydrogen-bond donors (Lipinski definition) is 1. The minimum Gasteiger partial charge on any atom is -0.508 e. The largest absolute Gasteiger partial charge is 0.508 e. The molecule has 34 heavy (non-hydrogen) atoms. The Morgan fingerprint density at radius 1 is 1.00 bits per heavy atom. The molecule has 2 aromatic carbocycles. The molecule has 1 N–H and O–H groups in total. The Labute approximate surface area is 200 Å². The number of aromatic hydroxyl groups is 1. The van der Waals surface area contributed by atoms with Crippen LogP contribution in [-0.4, -0.2) is 79.1 Å². The lowest BCUT2D eigenvalue weighted by Crippen LogP contribution is -2.44. The maximum absolute atomic E-state index is 12.2. The average molecular weight is 469 g/mol. The van der Waals surface area contributed by atoms with Gasteiger partial charge in [0.15, 0.2) is 11.5 Å². The molecular weight excluding hydrogens is 436 g/mol. The van der Waals surface area contributed by atoms with Gasteiger partial charge in [0, 0.05) is 19.2 Å². The summed E-state index contributed by atoms with van der Waals surface area (Å²) in [4.78, 5) is 16.5. The summed E-state index contributed by atoms with van der Waals surface area (Å²) in [7, 11) is 0. The highest BCUT2D eigenvalue weighted by Gasteiger charge is 2.34. The molecule has 3 aliphatic heterocycles. The van der Waals surface area contributed by atoms with Crippen LogP contribution in [0.15, 0.2) is 48.5 Å². The SMILES string of the molecule is O=C1OCC(COc2ccccc2)N1CCC1CCN(CC2COc3cc(O)ccc3O2)CC1. The molecule has 2 atom stereocenters. The van der Waals surface area contributed by atoms with Crippen molar-refractivity contribution in [3.63, 3.8) is 0 Å². The van der Waals surface area contributed by atoms with Crippen LogP contribution >= 0.6 is 0 Å². The fourth-order valence-corrected chi connectivity index (χ4v) is 4.87. The fraction of sp³-hybridized carbons (Fsp3) is 0.500. The molecule has 0 saturated carbocycles. The lowest BCUT2D eigenvalue weighted by atomic mass is 9.93. The van der Waals surface area contributed by atoms with Gasteiger partial charge in [0.2, 0.25) is 0 Å². The van der Waals surface area contributed by atoms with Crippen molar-refractivity contribution in [2.75, 3.05) is 46.0 Å². The molecule has 3 heterocycles. The van der Waals surface area contributed by atoms with Crippen LogP contribution in [0.3, 0.4) is 0 Å². The number of cyclic esters (lactones) is 1. The second-order valence-corrected chi connectivity index (χ2v) is 9.26. The van der Waals surface area contributed by atoms with E-state index in [2.05, 4.69) is 4.90 Å². The molecule has 5 rings (SSSR count). The standard InChI is InChI=1S/C26H32N2O6/c29-21-6-7-24-25(14-21)32-18-23(34-24)15-27-11-8-19(9-12-27)10-13-28-20(17-33-26(28)30)16-31-22-4-2-1-3-5-22/h1-7,14,19-20,23,29H,8-13,15-18H2. The lowest BCUT2D eigenvalue weighted by molar-refractivity contribution is 0.0463. The monoisotopic (exact) mass is 468 g/mol. The highest BCUT2D eigenvalue weighted by Crippen LogP contribution is 2.35. The second-order valence-electron chi connectivity index (χ2n) is 9.26. The first kappa shape index (κ1) is 22.7. The van der Waals surface area contributed by atoms with Crippen LogP contribution in [0.1, 0.15) is 19.3 Å². The van der Waals surface area contributed by atoms with Gasteiger partial charge in [-0.3, -0.25) is 9.80 Å². The minimum absolute atomic E-state index is 0.0154. The van der Waals surface area contributed by atoms with Crippen LogP contribution in [0.5, 0.6) is 23.0 Å². The number of nitrogens with zero attached hydrogens (tertiary/aromatic N) is 2. The van der Waals surface area contributed by atoms with Crippen molar-refractivity contribution in [3.8, 4) is 23.0 Å². The van der Waals surface area contributed by atoms with Gasteiger partial charge >= 0.3 is 6.09 Å². The molecule has 0 spiro atoms. The molecule has 3 aliphatic rings. The van der Waals surface area contributed by atoms with Gasteiger partial charge in [-0.15, -0.1) is 0 Å². The summed E-state index contributed by atoms with van der Waals surface area (Å²) in [6.07, 6.45) is 2.93. The predicted molar refractivity (Wildman–Crippen MR) is 126 cm³/mol. The molecule has 2 aromatic rings. The summed E-state index contributed by atoms with van der Waals surface area (Å²) in [6.45, 7) is 4.87. The van der Waals surface area contributed by atoms with E-state index in [0.29, 0.717) is 43.8 Å². The van der Waals surface area contributed by atoms with E-state index in [1.807, 2.05) is 35.2 Å². The van der Waals surface area contributed by atoms with E-state index in [4.69, 9.17) is 18.9 Å². The number of ether oxygens (including phenoxy) is 4. The molecule has 182 valence electrons. The number of carbonyl (C=O) groups is 1. The molecule has 8 heteroatoms. The number of benzene rings is 2. The van der Waals surface area contributed by atoms with Gasteiger partial charge in [-0.2, -0.15) is 0 Å². The third kappa shape index (κ3) is 5.50. The van der Waals surface area contributed by atoms with E-state index < -0.39 is 0 Å². The molecular formula is C26H32N2O6. The van der Waals surface area contributed by atoms with Crippen molar-refractivity contribution in [3.05, 3.63) is 48.5 Å². The number of fused-ring (bicyclic) bond motifs is 1. The number of likely N-dealkylation sites (tertiary alicyclic amines) is 1. The Hall–Kier alpha value is -3.13. The molecule has 2 fully saturated rings. The highest BCUT2D eigenvalue weighted by atomic mass is 16.6. The van der Waals surface area contributed by atoms with Crippen LogP contribution in [0.4, 0.5) is 4.79 Å². The first-order valence-corrected chi connectivity index (χ1v) is 12.1. The first-order valence-electron chi connectivity index (χ1n) is 12.1. The molecule has 1 amide bonds. The van der Waals surface area contributed by atoms with Crippen molar-refractivity contribution < 1.29 is 28.8 Å². The summed E-state index contributed by atoms with van der Waals surface area (Å²) in [5.41, 5.74) is 0. The third-order valence-corrected chi connectivity index (χ3v) is 6.85. The van der Waals surface area contributed by atoms with Gasteiger partial charge in [0.05, 0.1) is 0 Å². The minimum atomic E-state index is -0.234. The molecule has 0 radical (unpaired) electrons. The van der Waals surface area contributed by atoms with Crippen molar-refractivity contribution >= 4 is 6.09 Å². The number of rotatable bonds is 8. The maximum atomic E-state index is 12.2. The summed E-state index contributed by atoms with van der Waals surface area (Å²) < 4.78 is 23.0. The van der Waals surface area contributed by atoms with Crippen LogP contribution in [0.2, 0.25) is 0 Å². The van der Waals surface area contributed by atoms with Crippen molar-refractivity contribution in [2.45, 2.75) is 31.4 Å². The van der Waals surface area contributed by atoms with Gasteiger partial charge < -0.3 is 24.1 Å². The van der Waals surface area contributed by atoms with E-state index in [1.165, 1.54) is 0 Å². The number of phenolic OH excluding ortho intramolecular Hbond substituents is 1. The van der Waals surface area contributed by atoms with Crippen LogP contribution < -0.4 is 14.2 Å². The summed E-state index contributed by atoms with van der Waals surface area (Å²) >= 11 is 0. The van der Waals surface area contributed by atoms with Crippen LogP contribution in [0.25, 0.3) is 0 Å². The fourth-order valence-electron chi connectivity index (χ4n) is 4.87. The average Bonchev–Trinajstić information content (AvgIpc) is 3.22. The summed E-state index contributed by atoms with van der Waals surface area (Å²) in [5.74, 6) is 2.87. The van der Waals surface area contributed by atoms with Gasteiger partial charge in [0.1, 0.15) is 43.5 Å². The van der Waals surface area contributed by atoms with Gasteiger partial charge in [-0.05, 0) is 62.5 Å². The van der Waals surface area contributed by atoms with Crippen LogP contribution in [0, 0.1) is 5.92 Å². The first-order chi connectivity index (χ1) is 16.6. The Morgan fingerprint density at radius 3 is 2.65 bits per heavy atom. The van der Waals surface area contributed by atoms with E-state index in [9.17, 15) is 9.90 Å². The summed E-state index contributed by atoms with van der Waals surface area (Å²) in [5, 5.41) is 9.58. The zero-order chi connectivity index (χ0) is 23.3. The number of phenols is 1. The molecule has 0 aromatic heterocycles. The van der Waals surface area contributed by atoms with Gasteiger partial charge in [0.25, 0.3) is 0 Å². The number of piperidine rings is 1. The van der Waals surface area contributed by atoms with Gasteiger partial charge in [-0.25, -0.2) is 4.79 Å². The highest BCUT2D eigenvalue weighted by molar-refractivity contribution is 5.70. The molecule has 8 nitrogen and oxygen atoms in total. The number of carbonyl (C=O) groups excluding carboxylic acids is 1.